The molecule has 22 heavy (non-hydrogen) atoms. The Bertz CT molecular complexity index is 755. The summed E-state index contributed by atoms with van der Waals surface area (Å²) in [5.74, 6) is 0.0969. The van der Waals surface area contributed by atoms with E-state index in [-0.39, 0.29) is 16.6 Å². The van der Waals surface area contributed by atoms with E-state index in [1.807, 2.05) is 17.7 Å². The Hall–Kier alpha value is -1.28. The fourth-order valence-electron chi connectivity index (χ4n) is 3.41. The highest BCUT2D eigenvalue weighted by atomic mass is 35.5. The number of hydrogen-bond donors (Lipinski definition) is 0. The van der Waals surface area contributed by atoms with E-state index in [0.717, 1.165) is 32.7 Å². The molecule has 0 atom stereocenters. The lowest BCUT2D eigenvalue weighted by Gasteiger charge is -2.23. The number of ketones is 1. The lowest BCUT2D eigenvalue weighted by Crippen LogP contribution is -2.16. The molecule has 0 aliphatic heterocycles. The predicted molar refractivity (Wildman–Crippen MR) is 95.3 cm³/mol. The Balaban J connectivity index is 3.11. The van der Waals surface area contributed by atoms with E-state index >= 15 is 0 Å². The average Bonchev–Trinajstić information content (AvgIpc) is 2.61. The van der Waals surface area contributed by atoms with Gasteiger partial charge in [0.2, 0.25) is 0 Å². The number of carbonyl (C=O) groups excluding carboxylic acids is 1. The number of hydrogen-bond acceptors (Lipinski definition) is 1. The van der Waals surface area contributed by atoms with Gasteiger partial charge in [-0.1, -0.05) is 59.2 Å². The van der Waals surface area contributed by atoms with Crippen molar-refractivity contribution in [2.24, 2.45) is 7.05 Å². The summed E-state index contributed by atoms with van der Waals surface area (Å²) < 4.78 is 2.03. The molecule has 1 aromatic heterocycles. The third kappa shape index (κ3) is 2.58. The first-order chi connectivity index (χ1) is 9.87. The van der Waals surface area contributed by atoms with Gasteiger partial charge in [-0.25, -0.2) is 0 Å². The van der Waals surface area contributed by atoms with Crippen molar-refractivity contribution >= 4 is 28.3 Å². The van der Waals surface area contributed by atoms with Gasteiger partial charge in [-0.05, 0) is 22.5 Å². The predicted octanol–water partition coefficient (Wildman–Crippen LogP) is 5.63. The number of nitrogens with zero attached hydrogens (tertiary/aromatic N) is 1. The topological polar surface area (TPSA) is 22.0 Å². The van der Waals surface area contributed by atoms with Crippen LogP contribution in [0.4, 0.5) is 0 Å². The summed E-state index contributed by atoms with van der Waals surface area (Å²) in [4.78, 5) is 12.3. The number of Topliss-reactive ketones (excluding diaryl/α,β-unsaturated/α-hetero) is 1. The highest BCUT2D eigenvalue weighted by Gasteiger charge is 2.31. The van der Waals surface area contributed by atoms with Crippen molar-refractivity contribution < 1.29 is 4.79 Å². The first-order valence-corrected chi connectivity index (χ1v) is 8.08. The largest absolute Gasteiger partial charge is 0.341 e. The molecular formula is C19H26ClNO. The van der Waals surface area contributed by atoms with Gasteiger partial charge in [0.15, 0.2) is 5.78 Å². The molecule has 120 valence electrons. The molecule has 2 nitrogen and oxygen atoms in total. The van der Waals surface area contributed by atoms with Gasteiger partial charge in [0.25, 0.3) is 0 Å². The summed E-state index contributed by atoms with van der Waals surface area (Å²) in [6.45, 7) is 14.6. The maximum Gasteiger partial charge on any atom is 0.176 e. The molecule has 0 radical (unpaired) electrons. The molecule has 2 rings (SSSR count). The minimum absolute atomic E-state index is 0.0913. The van der Waals surface area contributed by atoms with Crippen LogP contribution in [0.1, 0.15) is 70.1 Å². The Kier molecular flexibility index (Phi) is 3.98. The summed E-state index contributed by atoms with van der Waals surface area (Å²) in [6.07, 6.45) is 0. The van der Waals surface area contributed by atoms with E-state index < -0.39 is 0 Å². The van der Waals surface area contributed by atoms with Gasteiger partial charge in [0, 0.05) is 29.9 Å². The van der Waals surface area contributed by atoms with E-state index in [4.69, 9.17) is 11.6 Å². The summed E-state index contributed by atoms with van der Waals surface area (Å²) >= 11 is 6.52. The quantitative estimate of drug-likeness (QED) is 0.624. The molecule has 1 heterocycles. The van der Waals surface area contributed by atoms with Gasteiger partial charge in [-0.15, -0.1) is 0 Å². The maximum absolute atomic E-state index is 12.3. The van der Waals surface area contributed by atoms with Crippen molar-refractivity contribution in [2.75, 3.05) is 0 Å². The second-order valence-electron chi connectivity index (χ2n) is 8.16. The van der Waals surface area contributed by atoms with Crippen LogP contribution in [0.5, 0.6) is 0 Å². The number of benzene rings is 1. The van der Waals surface area contributed by atoms with Gasteiger partial charge in [-0.3, -0.25) is 4.79 Å². The highest BCUT2D eigenvalue weighted by Crippen LogP contribution is 2.42. The molecule has 0 saturated heterocycles. The third-order valence-corrected chi connectivity index (χ3v) is 4.45. The van der Waals surface area contributed by atoms with E-state index in [1.165, 1.54) is 0 Å². The Labute approximate surface area is 138 Å². The lowest BCUT2D eigenvalue weighted by atomic mass is 9.81. The summed E-state index contributed by atoms with van der Waals surface area (Å²) in [5.41, 5.74) is 3.88. The smallest absolute Gasteiger partial charge is 0.176 e. The van der Waals surface area contributed by atoms with Gasteiger partial charge in [0.05, 0.1) is 11.2 Å². The SMILES string of the molecule is CC(=O)c1c(C(C)(C)C)c2ccc(Cl)c(C(C)(C)C)c2n1C. The fraction of sp³-hybridized carbons (Fsp3) is 0.526. The Morgan fingerprint density at radius 1 is 1.00 bits per heavy atom. The zero-order valence-corrected chi connectivity index (χ0v) is 15.6. The molecule has 0 amide bonds. The molecule has 2 aromatic rings. The average molecular weight is 320 g/mol. The summed E-state index contributed by atoms with van der Waals surface area (Å²) in [7, 11) is 1.97. The molecule has 0 saturated carbocycles. The number of aryl methyl sites for hydroxylation is 1. The van der Waals surface area contributed by atoms with Gasteiger partial charge in [0.1, 0.15) is 0 Å². The van der Waals surface area contributed by atoms with Gasteiger partial charge < -0.3 is 4.57 Å². The number of rotatable bonds is 1. The summed E-state index contributed by atoms with van der Waals surface area (Å²) in [5, 5.41) is 1.89. The van der Waals surface area contributed by atoms with Crippen LogP contribution in [0.2, 0.25) is 5.02 Å². The van der Waals surface area contributed by atoms with Crippen molar-refractivity contribution in [3.63, 3.8) is 0 Å². The molecule has 0 aliphatic rings. The molecule has 0 unspecified atom stereocenters. The first kappa shape index (κ1) is 17.1. The molecule has 1 aromatic carbocycles. The van der Waals surface area contributed by atoms with Crippen LogP contribution in [0.15, 0.2) is 12.1 Å². The third-order valence-electron chi connectivity index (χ3n) is 4.14. The van der Waals surface area contributed by atoms with Crippen molar-refractivity contribution in [2.45, 2.75) is 59.3 Å². The zero-order valence-electron chi connectivity index (χ0n) is 14.9. The van der Waals surface area contributed by atoms with Crippen LogP contribution in [-0.2, 0) is 17.9 Å². The van der Waals surface area contributed by atoms with Crippen LogP contribution >= 0.6 is 11.6 Å². The molecule has 3 heteroatoms. The normalized spacial score (nSPS) is 13.0. The van der Waals surface area contributed by atoms with Gasteiger partial charge >= 0.3 is 0 Å². The Morgan fingerprint density at radius 3 is 1.91 bits per heavy atom. The van der Waals surface area contributed by atoms with Crippen molar-refractivity contribution in [3.05, 3.63) is 34.0 Å². The molecule has 0 fully saturated rings. The maximum atomic E-state index is 12.3. The zero-order chi connectivity index (χ0) is 17.0. The van der Waals surface area contributed by atoms with Crippen LogP contribution in [-0.4, -0.2) is 10.4 Å². The molecular weight excluding hydrogens is 294 g/mol. The monoisotopic (exact) mass is 319 g/mol. The van der Waals surface area contributed by atoms with Crippen LogP contribution in [0.3, 0.4) is 0 Å². The van der Waals surface area contributed by atoms with Crippen LogP contribution < -0.4 is 0 Å². The van der Waals surface area contributed by atoms with Crippen LogP contribution in [0, 0.1) is 0 Å². The second kappa shape index (κ2) is 5.13. The molecule has 0 bridgehead atoms. The van der Waals surface area contributed by atoms with Crippen molar-refractivity contribution in [1.29, 1.82) is 0 Å². The fourth-order valence-corrected chi connectivity index (χ4v) is 3.84. The van der Waals surface area contributed by atoms with Gasteiger partial charge in [-0.2, -0.15) is 0 Å². The number of carbonyl (C=O) groups is 1. The minimum Gasteiger partial charge on any atom is -0.341 e. The van der Waals surface area contributed by atoms with E-state index in [2.05, 4.69) is 47.6 Å². The van der Waals surface area contributed by atoms with Crippen molar-refractivity contribution in [1.82, 2.24) is 4.57 Å². The number of fused-ring (bicyclic) bond motifs is 1. The standard InChI is InChI=1S/C19H26ClNO/c1-11(22)16-14(18(2,3)4)12-9-10-13(20)15(19(5,6)7)17(12)21(16)8/h9-10H,1-8H3. The van der Waals surface area contributed by atoms with E-state index in [1.54, 1.807) is 6.92 Å². The highest BCUT2D eigenvalue weighted by molar-refractivity contribution is 6.32. The Morgan fingerprint density at radius 2 is 1.50 bits per heavy atom. The summed E-state index contributed by atoms with van der Waals surface area (Å²) in [6, 6.07) is 4.02. The second-order valence-corrected chi connectivity index (χ2v) is 8.56. The molecule has 0 N–H and O–H groups in total. The molecule has 0 spiro atoms. The first-order valence-electron chi connectivity index (χ1n) is 7.70. The minimum atomic E-state index is -0.108. The number of aromatic nitrogens is 1. The lowest BCUT2D eigenvalue weighted by molar-refractivity contribution is 0.100. The molecule has 0 aliphatic carbocycles. The van der Waals surface area contributed by atoms with Crippen molar-refractivity contribution in [3.8, 4) is 0 Å². The number of halogens is 1. The van der Waals surface area contributed by atoms with E-state index in [0.29, 0.717) is 0 Å². The van der Waals surface area contributed by atoms with Crippen LogP contribution in [0.25, 0.3) is 10.9 Å². The van der Waals surface area contributed by atoms with E-state index in [9.17, 15) is 4.79 Å².